The zero-order chi connectivity index (χ0) is 15.2. The van der Waals surface area contributed by atoms with Crippen molar-refractivity contribution in [3.8, 4) is 5.75 Å². The van der Waals surface area contributed by atoms with Crippen molar-refractivity contribution in [2.75, 3.05) is 20.7 Å². The molecule has 0 radical (unpaired) electrons. The molecule has 110 valence electrons. The van der Waals surface area contributed by atoms with Crippen LogP contribution in [0.5, 0.6) is 5.75 Å². The van der Waals surface area contributed by atoms with Gasteiger partial charge in [-0.05, 0) is 37.2 Å². The molecule has 0 heterocycles. The van der Waals surface area contributed by atoms with Crippen LogP contribution in [0.15, 0.2) is 48.5 Å². The highest BCUT2D eigenvalue weighted by Crippen LogP contribution is 2.13. The second kappa shape index (κ2) is 7.04. The Morgan fingerprint density at radius 3 is 2.38 bits per heavy atom. The molecule has 0 N–H and O–H groups in total. The molecule has 0 saturated carbocycles. The molecule has 0 unspecified atom stereocenters. The molecule has 21 heavy (non-hydrogen) atoms. The fraction of sp³-hybridized carbons (Fsp3) is 0.278. The Hall–Kier alpha value is -2.13. The van der Waals surface area contributed by atoms with Gasteiger partial charge in [0.15, 0.2) is 5.78 Å². The Balaban J connectivity index is 1.96. The molecule has 0 aliphatic carbocycles. The molecule has 0 spiro atoms. The van der Waals surface area contributed by atoms with Crippen LogP contribution < -0.4 is 4.74 Å². The molecule has 0 aliphatic heterocycles. The highest BCUT2D eigenvalue weighted by Gasteiger charge is 2.11. The third-order valence-electron chi connectivity index (χ3n) is 3.47. The van der Waals surface area contributed by atoms with Crippen LogP contribution in [0.2, 0.25) is 0 Å². The Morgan fingerprint density at radius 1 is 1.10 bits per heavy atom. The highest BCUT2D eigenvalue weighted by atomic mass is 16.5. The monoisotopic (exact) mass is 283 g/mol. The molecule has 0 fully saturated rings. The number of hydrogen-bond donors (Lipinski definition) is 0. The van der Waals surface area contributed by atoms with Crippen LogP contribution in [0.1, 0.15) is 21.5 Å². The molecular weight excluding hydrogens is 262 g/mol. The topological polar surface area (TPSA) is 29.5 Å². The zero-order valence-corrected chi connectivity index (χ0v) is 12.8. The predicted octanol–water partition coefficient (Wildman–Crippen LogP) is 3.32. The summed E-state index contributed by atoms with van der Waals surface area (Å²) in [4.78, 5) is 14.3. The van der Waals surface area contributed by atoms with Crippen LogP contribution in [-0.2, 0) is 6.54 Å². The summed E-state index contributed by atoms with van der Waals surface area (Å²) in [5.41, 5.74) is 3.00. The molecule has 0 bridgehead atoms. The van der Waals surface area contributed by atoms with Crippen molar-refractivity contribution in [2.24, 2.45) is 0 Å². The van der Waals surface area contributed by atoms with Crippen molar-refractivity contribution in [3.05, 3.63) is 65.2 Å². The fourth-order valence-corrected chi connectivity index (χ4v) is 2.31. The number of methoxy groups -OCH3 is 1. The Bertz CT molecular complexity index is 605. The lowest BCUT2D eigenvalue weighted by molar-refractivity contribution is 0.0942. The van der Waals surface area contributed by atoms with Gasteiger partial charge in [0.05, 0.1) is 13.7 Å². The number of benzene rings is 2. The number of hydrogen-bond acceptors (Lipinski definition) is 3. The summed E-state index contributed by atoms with van der Waals surface area (Å²) in [6.07, 6.45) is 0. The fourth-order valence-electron chi connectivity index (χ4n) is 2.31. The summed E-state index contributed by atoms with van der Waals surface area (Å²) in [6.45, 7) is 3.12. The maximum absolute atomic E-state index is 12.3. The van der Waals surface area contributed by atoms with E-state index in [1.165, 1.54) is 0 Å². The van der Waals surface area contributed by atoms with E-state index in [-0.39, 0.29) is 5.78 Å². The zero-order valence-electron chi connectivity index (χ0n) is 12.8. The van der Waals surface area contributed by atoms with Crippen molar-refractivity contribution in [3.63, 3.8) is 0 Å². The third-order valence-corrected chi connectivity index (χ3v) is 3.47. The van der Waals surface area contributed by atoms with Gasteiger partial charge in [0, 0.05) is 12.1 Å². The predicted molar refractivity (Wildman–Crippen MR) is 84.8 cm³/mol. The minimum absolute atomic E-state index is 0.157. The Labute approximate surface area is 126 Å². The van der Waals surface area contributed by atoms with Crippen molar-refractivity contribution < 1.29 is 9.53 Å². The van der Waals surface area contributed by atoms with Crippen molar-refractivity contribution in [1.82, 2.24) is 4.90 Å². The second-order valence-electron chi connectivity index (χ2n) is 5.26. The third kappa shape index (κ3) is 4.17. The molecule has 0 atom stereocenters. The van der Waals surface area contributed by atoms with Crippen LogP contribution in [0.25, 0.3) is 0 Å². The molecule has 2 rings (SSSR count). The van der Waals surface area contributed by atoms with Gasteiger partial charge in [-0.15, -0.1) is 0 Å². The number of likely N-dealkylation sites (N-methyl/N-ethyl adjacent to an activating group) is 1. The van der Waals surface area contributed by atoms with E-state index >= 15 is 0 Å². The first kappa shape index (κ1) is 15.3. The molecule has 3 nitrogen and oxygen atoms in total. The van der Waals surface area contributed by atoms with Gasteiger partial charge in [0.25, 0.3) is 0 Å². The van der Waals surface area contributed by atoms with E-state index in [0.29, 0.717) is 6.54 Å². The maximum atomic E-state index is 12.3. The molecule has 0 aromatic heterocycles. The number of nitrogens with zero attached hydrogens (tertiary/aromatic N) is 1. The smallest absolute Gasteiger partial charge is 0.177 e. The largest absolute Gasteiger partial charge is 0.497 e. The molecule has 3 heteroatoms. The van der Waals surface area contributed by atoms with Gasteiger partial charge in [-0.2, -0.15) is 0 Å². The first-order valence-electron chi connectivity index (χ1n) is 7.00. The lowest BCUT2D eigenvalue weighted by Crippen LogP contribution is -2.26. The van der Waals surface area contributed by atoms with E-state index in [2.05, 4.69) is 0 Å². The molecule has 0 amide bonds. The van der Waals surface area contributed by atoms with Gasteiger partial charge in [0.1, 0.15) is 5.75 Å². The number of carbonyl (C=O) groups excluding carboxylic acids is 1. The Kier molecular flexibility index (Phi) is 5.12. The van der Waals surface area contributed by atoms with E-state index in [1.807, 2.05) is 67.4 Å². The SMILES string of the molecule is COc1ccc(CN(C)CC(=O)c2ccccc2C)cc1. The number of aryl methyl sites for hydroxylation is 1. The van der Waals surface area contributed by atoms with Gasteiger partial charge in [-0.25, -0.2) is 0 Å². The van der Waals surface area contributed by atoms with E-state index < -0.39 is 0 Å². The van der Waals surface area contributed by atoms with Gasteiger partial charge in [-0.3, -0.25) is 9.69 Å². The summed E-state index contributed by atoms with van der Waals surface area (Å²) in [5, 5.41) is 0. The quantitative estimate of drug-likeness (QED) is 0.762. The van der Waals surface area contributed by atoms with E-state index in [0.717, 1.165) is 29.0 Å². The first-order valence-corrected chi connectivity index (χ1v) is 7.00. The lowest BCUT2D eigenvalue weighted by atomic mass is 10.0. The molecule has 0 saturated heterocycles. The molecular formula is C18H21NO2. The van der Waals surface area contributed by atoms with Crippen molar-refractivity contribution in [2.45, 2.75) is 13.5 Å². The van der Waals surface area contributed by atoms with Crippen LogP contribution in [-0.4, -0.2) is 31.4 Å². The average Bonchev–Trinajstić information content (AvgIpc) is 2.48. The summed E-state index contributed by atoms with van der Waals surface area (Å²) >= 11 is 0. The summed E-state index contributed by atoms with van der Waals surface area (Å²) in [6, 6.07) is 15.6. The molecule has 2 aromatic carbocycles. The van der Waals surface area contributed by atoms with Gasteiger partial charge < -0.3 is 4.74 Å². The number of carbonyl (C=O) groups is 1. The minimum Gasteiger partial charge on any atom is -0.497 e. The standard InChI is InChI=1S/C18H21NO2/c1-14-6-4-5-7-17(14)18(20)13-19(2)12-15-8-10-16(21-3)11-9-15/h4-11H,12-13H2,1-3H3. The minimum atomic E-state index is 0.157. The summed E-state index contributed by atoms with van der Waals surface area (Å²) in [5.74, 6) is 1.00. The van der Waals surface area contributed by atoms with Crippen LogP contribution in [0.3, 0.4) is 0 Å². The van der Waals surface area contributed by atoms with Crippen LogP contribution in [0, 0.1) is 6.92 Å². The molecule has 0 aliphatic rings. The van der Waals surface area contributed by atoms with Crippen molar-refractivity contribution >= 4 is 5.78 Å². The van der Waals surface area contributed by atoms with Gasteiger partial charge in [-0.1, -0.05) is 36.4 Å². The van der Waals surface area contributed by atoms with Crippen LogP contribution in [0.4, 0.5) is 0 Å². The van der Waals surface area contributed by atoms with Crippen LogP contribution >= 0.6 is 0 Å². The molecule has 2 aromatic rings. The number of ketones is 1. The van der Waals surface area contributed by atoms with E-state index in [4.69, 9.17) is 4.74 Å². The van der Waals surface area contributed by atoms with E-state index in [9.17, 15) is 4.79 Å². The Morgan fingerprint density at radius 2 is 1.76 bits per heavy atom. The number of rotatable bonds is 6. The normalized spacial score (nSPS) is 10.7. The second-order valence-corrected chi connectivity index (χ2v) is 5.26. The summed E-state index contributed by atoms with van der Waals surface area (Å²) in [7, 11) is 3.61. The van der Waals surface area contributed by atoms with E-state index in [1.54, 1.807) is 7.11 Å². The van der Waals surface area contributed by atoms with Gasteiger partial charge >= 0.3 is 0 Å². The average molecular weight is 283 g/mol. The first-order chi connectivity index (χ1) is 10.1. The van der Waals surface area contributed by atoms with Gasteiger partial charge in [0.2, 0.25) is 0 Å². The maximum Gasteiger partial charge on any atom is 0.177 e. The van der Waals surface area contributed by atoms with Crippen molar-refractivity contribution in [1.29, 1.82) is 0 Å². The summed E-state index contributed by atoms with van der Waals surface area (Å²) < 4.78 is 5.14. The number of ether oxygens (including phenoxy) is 1. The highest BCUT2D eigenvalue weighted by molar-refractivity contribution is 5.98. The lowest BCUT2D eigenvalue weighted by Gasteiger charge is -2.16. The number of Topliss-reactive ketones (excluding diaryl/α,β-unsaturated/α-hetero) is 1.